The molecule has 0 aromatic heterocycles. The molecular formula is C14H19BrO4. The van der Waals surface area contributed by atoms with Crippen molar-refractivity contribution in [3.8, 4) is 17.2 Å². The van der Waals surface area contributed by atoms with Crippen LogP contribution < -0.4 is 14.2 Å². The van der Waals surface area contributed by atoms with Gasteiger partial charge in [-0.15, -0.1) is 0 Å². The fourth-order valence-corrected chi connectivity index (χ4v) is 2.08. The van der Waals surface area contributed by atoms with Crippen LogP contribution >= 0.6 is 15.9 Å². The van der Waals surface area contributed by atoms with Crippen molar-refractivity contribution in [2.75, 3.05) is 27.6 Å². The molecule has 0 N–H and O–H groups in total. The quantitative estimate of drug-likeness (QED) is 0.416. The molecule has 1 aromatic rings. The molecule has 0 saturated heterocycles. The third-order valence-corrected chi connectivity index (χ3v) is 3.66. The van der Waals surface area contributed by atoms with Gasteiger partial charge in [0.2, 0.25) is 5.75 Å². The molecule has 0 radical (unpaired) electrons. The highest BCUT2D eigenvalue weighted by atomic mass is 79.9. The molecule has 0 bridgehead atoms. The van der Waals surface area contributed by atoms with Gasteiger partial charge < -0.3 is 18.9 Å². The molecule has 1 saturated carbocycles. The van der Waals surface area contributed by atoms with Crippen molar-refractivity contribution >= 4 is 15.9 Å². The average molecular weight is 331 g/mol. The van der Waals surface area contributed by atoms with E-state index >= 15 is 0 Å². The molecule has 1 aromatic carbocycles. The molecule has 5 heteroatoms. The Labute approximate surface area is 122 Å². The van der Waals surface area contributed by atoms with E-state index in [1.54, 1.807) is 14.2 Å². The van der Waals surface area contributed by atoms with Gasteiger partial charge in [-0.2, -0.15) is 0 Å². The van der Waals surface area contributed by atoms with Gasteiger partial charge in [0.1, 0.15) is 0 Å². The lowest BCUT2D eigenvalue weighted by molar-refractivity contribution is 0.00728. The molecule has 106 valence electrons. The zero-order chi connectivity index (χ0) is 13.7. The van der Waals surface area contributed by atoms with E-state index in [0.29, 0.717) is 17.2 Å². The van der Waals surface area contributed by atoms with Gasteiger partial charge in [0.25, 0.3) is 0 Å². The molecule has 0 amide bonds. The second-order valence-corrected chi connectivity index (χ2v) is 5.10. The summed E-state index contributed by atoms with van der Waals surface area (Å²) in [5.41, 5.74) is 1.07. The van der Waals surface area contributed by atoms with Crippen LogP contribution in [0.1, 0.15) is 18.4 Å². The maximum Gasteiger partial charge on any atom is 0.206 e. The van der Waals surface area contributed by atoms with Crippen molar-refractivity contribution in [2.24, 2.45) is 5.92 Å². The lowest BCUT2D eigenvalue weighted by Crippen LogP contribution is -2.07. The highest BCUT2D eigenvalue weighted by Crippen LogP contribution is 2.39. The average Bonchev–Trinajstić information content (AvgIpc) is 3.27. The fourth-order valence-electron chi connectivity index (χ4n) is 1.75. The first-order valence-electron chi connectivity index (χ1n) is 6.30. The van der Waals surface area contributed by atoms with Crippen molar-refractivity contribution in [1.29, 1.82) is 0 Å². The second kappa shape index (κ2) is 7.01. The maximum absolute atomic E-state index is 5.64. The molecule has 4 nitrogen and oxygen atoms in total. The molecule has 0 heterocycles. The Morgan fingerprint density at radius 3 is 2.26 bits per heavy atom. The van der Waals surface area contributed by atoms with Crippen molar-refractivity contribution in [3.05, 3.63) is 17.7 Å². The number of methoxy groups -OCH3 is 2. The van der Waals surface area contributed by atoms with E-state index in [4.69, 9.17) is 18.9 Å². The Balaban J connectivity index is 2.02. The van der Waals surface area contributed by atoms with Gasteiger partial charge in [-0.3, -0.25) is 0 Å². The summed E-state index contributed by atoms with van der Waals surface area (Å²) in [5.74, 6) is 2.63. The molecule has 1 aliphatic carbocycles. The van der Waals surface area contributed by atoms with Gasteiger partial charge in [0, 0.05) is 5.33 Å². The van der Waals surface area contributed by atoms with Gasteiger partial charge in [0.15, 0.2) is 18.3 Å². The summed E-state index contributed by atoms with van der Waals surface area (Å²) in [4.78, 5) is 0. The normalized spacial score (nSPS) is 14.3. The number of rotatable bonds is 8. The molecule has 0 atom stereocenters. The van der Waals surface area contributed by atoms with E-state index in [1.165, 1.54) is 12.8 Å². The van der Waals surface area contributed by atoms with Gasteiger partial charge in [-0.1, -0.05) is 15.9 Å². The van der Waals surface area contributed by atoms with Crippen molar-refractivity contribution in [3.63, 3.8) is 0 Å². The summed E-state index contributed by atoms with van der Waals surface area (Å²) in [6.45, 7) is 0.987. The predicted octanol–water partition coefficient (Wildman–Crippen LogP) is 3.36. The Kier molecular flexibility index (Phi) is 5.34. The van der Waals surface area contributed by atoms with Crippen LogP contribution in [0.5, 0.6) is 17.2 Å². The first kappa shape index (κ1) is 14.5. The first-order chi connectivity index (χ1) is 9.28. The largest absolute Gasteiger partial charge is 0.493 e. The van der Waals surface area contributed by atoms with E-state index < -0.39 is 0 Å². The van der Waals surface area contributed by atoms with Crippen LogP contribution in [-0.2, 0) is 10.1 Å². The molecule has 1 aliphatic rings. The summed E-state index contributed by atoms with van der Waals surface area (Å²) < 4.78 is 21.8. The smallest absolute Gasteiger partial charge is 0.206 e. The van der Waals surface area contributed by atoms with Crippen LogP contribution in [0, 0.1) is 5.92 Å². The predicted molar refractivity (Wildman–Crippen MR) is 76.3 cm³/mol. The summed E-state index contributed by atoms with van der Waals surface area (Å²) in [6, 6.07) is 3.85. The molecule has 19 heavy (non-hydrogen) atoms. The number of hydrogen-bond donors (Lipinski definition) is 0. The number of halogens is 1. The topological polar surface area (TPSA) is 36.9 Å². The number of benzene rings is 1. The van der Waals surface area contributed by atoms with Crippen LogP contribution in [0.25, 0.3) is 0 Å². The third kappa shape index (κ3) is 4.01. The molecular weight excluding hydrogens is 312 g/mol. The summed E-state index contributed by atoms with van der Waals surface area (Å²) in [7, 11) is 3.23. The minimum absolute atomic E-state index is 0.219. The summed E-state index contributed by atoms with van der Waals surface area (Å²) in [5, 5.41) is 0.734. The van der Waals surface area contributed by atoms with E-state index in [-0.39, 0.29) is 6.79 Å². The Morgan fingerprint density at radius 1 is 1.16 bits per heavy atom. The zero-order valence-corrected chi connectivity index (χ0v) is 12.9. The van der Waals surface area contributed by atoms with Gasteiger partial charge in [0.05, 0.1) is 20.8 Å². The SMILES string of the molecule is COc1cc(CBr)cc(OC)c1OCOCC1CC1. The van der Waals surface area contributed by atoms with Gasteiger partial charge >= 0.3 is 0 Å². The third-order valence-electron chi connectivity index (χ3n) is 3.01. The minimum Gasteiger partial charge on any atom is -0.493 e. The van der Waals surface area contributed by atoms with E-state index in [2.05, 4.69) is 15.9 Å². The van der Waals surface area contributed by atoms with Gasteiger partial charge in [-0.05, 0) is 36.5 Å². The zero-order valence-electron chi connectivity index (χ0n) is 11.3. The molecule has 0 spiro atoms. The Morgan fingerprint density at radius 2 is 1.79 bits per heavy atom. The molecule has 1 fully saturated rings. The standard InChI is InChI=1S/C14H19BrO4/c1-16-12-5-11(7-15)6-13(17-2)14(12)19-9-18-8-10-3-4-10/h5-6,10H,3-4,7-9H2,1-2H3. The van der Waals surface area contributed by atoms with Crippen LogP contribution in [0.2, 0.25) is 0 Å². The molecule has 0 unspecified atom stereocenters. The molecule has 2 rings (SSSR count). The van der Waals surface area contributed by atoms with Crippen molar-refractivity contribution in [1.82, 2.24) is 0 Å². The minimum atomic E-state index is 0.219. The van der Waals surface area contributed by atoms with Gasteiger partial charge in [-0.25, -0.2) is 0 Å². The lowest BCUT2D eigenvalue weighted by atomic mass is 10.2. The molecule has 0 aliphatic heterocycles. The van der Waals surface area contributed by atoms with Crippen molar-refractivity contribution in [2.45, 2.75) is 18.2 Å². The first-order valence-corrected chi connectivity index (χ1v) is 7.42. The Bertz CT molecular complexity index is 393. The highest BCUT2D eigenvalue weighted by molar-refractivity contribution is 9.08. The van der Waals surface area contributed by atoms with Crippen molar-refractivity contribution < 1.29 is 18.9 Å². The van der Waals surface area contributed by atoms with Crippen LogP contribution in [0.4, 0.5) is 0 Å². The van der Waals surface area contributed by atoms with E-state index in [9.17, 15) is 0 Å². The van der Waals surface area contributed by atoms with Crippen LogP contribution in [0.3, 0.4) is 0 Å². The van der Waals surface area contributed by atoms with Crippen LogP contribution in [0.15, 0.2) is 12.1 Å². The second-order valence-electron chi connectivity index (χ2n) is 4.54. The van der Waals surface area contributed by atoms with E-state index in [1.807, 2.05) is 12.1 Å². The summed E-state index contributed by atoms with van der Waals surface area (Å²) in [6.07, 6.45) is 2.54. The maximum atomic E-state index is 5.64. The monoisotopic (exact) mass is 330 g/mol. The highest BCUT2D eigenvalue weighted by Gasteiger charge is 2.21. The number of ether oxygens (including phenoxy) is 4. The Hall–Kier alpha value is -0.940. The lowest BCUT2D eigenvalue weighted by Gasteiger charge is -2.15. The fraction of sp³-hybridized carbons (Fsp3) is 0.571. The number of alkyl halides is 1. The summed E-state index contributed by atoms with van der Waals surface area (Å²) >= 11 is 3.42. The van der Waals surface area contributed by atoms with E-state index in [0.717, 1.165) is 23.4 Å². The number of hydrogen-bond acceptors (Lipinski definition) is 4. The van der Waals surface area contributed by atoms with Crippen LogP contribution in [-0.4, -0.2) is 27.6 Å².